The number of likely N-dealkylation sites (tertiary alicyclic amines) is 1. The van der Waals surface area contributed by atoms with Crippen LogP contribution in [0.5, 0.6) is 0 Å². The van der Waals surface area contributed by atoms with Crippen molar-refractivity contribution in [2.45, 2.75) is 70.5 Å². The summed E-state index contributed by atoms with van der Waals surface area (Å²) in [7, 11) is 0. The second-order valence-electron chi connectivity index (χ2n) is 11.0. The molecule has 8 nitrogen and oxygen atoms in total. The number of nitrogens with zero attached hydrogens (tertiary/aromatic N) is 3. The van der Waals surface area contributed by atoms with Crippen LogP contribution in [-0.2, 0) is 4.79 Å². The van der Waals surface area contributed by atoms with Gasteiger partial charge < -0.3 is 20.2 Å². The lowest BCUT2D eigenvalue weighted by atomic mass is 9.95. The van der Waals surface area contributed by atoms with Crippen LogP contribution in [0.25, 0.3) is 11.3 Å². The minimum absolute atomic E-state index is 0.0916. The topological polar surface area (TPSA) is 103 Å². The molecule has 1 aromatic heterocycles. The monoisotopic (exact) mass is 510 g/mol. The lowest BCUT2D eigenvalue weighted by Crippen LogP contribution is -2.55. The minimum Gasteiger partial charge on any atom is -0.465 e. The number of carbonyl (C=O) groups excluding carboxylic acids is 2. The van der Waals surface area contributed by atoms with E-state index < -0.39 is 11.6 Å². The van der Waals surface area contributed by atoms with Gasteiger partial charge in [-0.2, -0.15) is 0 Å². The average molecular weight is 511 g/mol. The Morgan fingerprint density at radius 1 is 1.08 bits per heavy atom. The summed E-state index contributed by atoms with van der Waals surface area (Å²) in [6.07, 6.45) is 3.83. The number of halogens is 1. The number of hydrogen-bond donors (Lipinski definition) is 2. The highest BCUT2D eigenvalue weighted by Gasteiger charge is 2.38. The van der Waals surface area contributed by atoms with E-state index >= 15 is 0 Å². The number of benzene rings is 1. The molecule has 1 saturated carbocycles. The van der Waals surface area contributed by atoms with Crippen molar-refractivity contribution in [1.82, 2.24) is 20.1 Å². The van der Waals surface area contributed by atoms with E-state index in [1.54, 1.807) is 24.3 Å². The molecule has 1 aliphatic carbocycles. The van der Waals surface area contributed by atoms with Gasteiger partial charge in [-0.1, -0.05) is 12.1 Å². The predicted octanol–water partition coefficient (Wildman–Crippen LogP) is 4.56. The van der Waals surface area contributed by atoms with Gasteiger partial charge in [0, 0.05) is 48.4 Å². The molecular formula is C28H35FN4O4. The smallest absolute Gasteiger partial charge is 0.407 e. The first-order chi connectivity index (χ1) is 17.5. The molecular weight excluding hydrogens is 475 g/mol. The van der Waals surface area contributed by atoms with Gasteiger partial charge in [0.05, 0.1) is 11.3 Å². The molecule has 1 aromatic carbocycles. The van der Waals surface area contributed by atoms with Crippen LogP contribution in [0.15, 0.2) is 42.6 Å². The highest BCUT2D eigenvalue weighted by Crippen LogP contribution is 2.30. The fourth-order valence-corrected chi connectivity index (χ4v) is 5.55. The van der Waals surface area contributed by atoms with Crippen molar-refractivity contribution >= 4 is 17.9 Å². The molecule has 0 spiro atoms. The van der Waals surface area contributed by atoms with Gasteiger partial charge in [-0.3, -0.25) is 14.6 Å². The summed E-state index contributed by atoms with van der Waals surface area (Å²) in [5.41, 5.74) is 1.15. The first-order valence-corrected chi connectivity index (χ1v) is 12.9. The number of carbonyl (C=O) groups is 3. The number of nitrogens with one attached hydrogen (secondary N) is 1. The SMILES string of the molecule is CC(C)(C)N(C(=O)O)C1CCN(C(=O)[C@H]2CC[C@@H](NC(=O)c3ccc(-c4cccc(F)c4)nc3)C2)CC1. The predicted molar refractivity (Wildman–Crippen MR) is 137 cm³/mol. The molecule has 9 heteroatoms. The van der Waals surface area contributed by atoms with E-state index in [0.29, 0.717) is 55.6 Å². The fourth-order valence-electron chi connectivity index (χ4n) is 5.55. The summed E-state index contributed by atoms with van der Waals surface area (Å²) >= 11 is 0. The third kappa shape index (κ3) is 6.26. The molecule has 0 unspecified atom stereocenters. The van der Waals surface area contributed by atoms with Crippen LogP contribution in [0, 0.1) is 11.7 Å². The summed E-state index contributed by atoms with van der Waals surface area (Å²) < 4.78 is 13.5. The number of carboxylic acid groups (broad SMARTS) is 1. The highest BCUT2D eigenvalue weighted by atomic mass is 19.1. The van der Waals surface area contributed by atoms with E-state index in [4.69, 9.17) is 0 Å². The number of hydrogen-bond acceptors (Lipinski definition) is 4. The molecule has 2 heterocycles. The van der Waals surface area contributed by atoms with Gasteiger partial charge in [-0.05, 0) is 77.1 Å². The highest BCUT2D eigenvalue weighted by molar-refractivity contribution is 5.94. The largest absolute Gasteiger partial charge is 0.465 e. The fraction of sp³-hybridized carbons (Fsp3) is 0.500. The van der Waals surface area contributed by atoms with E-state index in [1.807, 2.05) is 25.7 Å². The Labute approximate surface area is 216 Å². The molecule has 4 rings (SSSR count). The first kappa shape index (κ1) is 26.6. The molecule has 1 saturated heterocycles. The maximum Gasteiger partial charge on any atom is 0.407 e. The van der Waals surface area contributed by atoms with E-state index in [0.717, 1.165) is 6.42 Å². The van der Waals surface area contributed by atoms with E-state index in [-0.39, 0.29) is 35.6 Å². The molecule has 3 amide bonds. The zero-order valence-corrected chi connectivity index (χ0v) is 21.6. The van der Waals surface area contributed by atoms with Gasteiger partial charge in [0.25, 0.3) is 5.91 Å². The molecule has 2 atom stereocenters. The quantitative estimate of drug-likeness (QED) is 0.614. The van der Waals surface area contributed by atoms with Gasteiger partial charge in [0.2, 0.25) is 5.91 Å². The summed E-state index contributed by atoms with van der Waals surface area (Å²) in [6.45, 7) is 6.75. The minimum atomic E-state index is -0.926. The second-order valence-corrected chi connectivity index (χ2v) is 11.0. The Bertz CT molecular complexity index is 1140. The van der Waals surface area contributed by atoms with Crippen LogP contribution < -0.4 is 5.32 Å². The van der Waals surface area contributed by atoms with Gasteiger partial charge in [0.1, 0.15) is 5.82 Å². The van der Waals surface area contributed by atoms with E-state index in [9.17, 15) is 23.9 Å². The summed E-state index contributed by atoms with van der Waals surface area (Å²) in [5.74, 6) is -0.640. The van der Waals surface area contributed by atoms with Crippen molar-refractivity contribution < 1.29 is 23.9 Å². The van der Waals surface area contributed by atoms with Gasteiger partial charge in [-0.15, -0.1) is 0 Å². The summed E-state index contributed by atoms with van der Waals surface area (Å²) in [6, 6.07) is 9.31. The normalized spacial score (nSPS) is 20.5. The summed E-state index contributed by atoms with van der Waals surface area (Å²) in [5, 5.41) is 12.7. The van der Waals surface area contributed by atoms with Crippen molar-refractivity contribution in [3.05, 3.63) is 54.0 Å². The molecule has 1 aliphatic heterocycles. The maximum absolute atomic E-state index is 13.5. The number of aromatic nitrogens is 1. The Morgan fingerprint density at radius 2 is 1.81 bits per heavy atom. The van der Waals surface area contributed by atoms with E-state index in [2.05, 4.69) is 10.3 Å². The van der Waals surface area contributed by atoms with Gasteiger partial charge >= 0.3 is 6.09 Å². The number of rotatable bonds is 5. The Kier molecular flexibility index (Phi) is 7.80. The molecule has 198 valence electrons. The Morgan fingerprint density at radius 3 is 2.41 bits per heavy atom. The molecule has 37 heavy (non-hydrogen) atoms. The molecule has 0 bridgehead atoms. The van der Waals surface area contributed by atoms with Crippen molar-refractivity contribution in [1.29, 1.82) is 0 Å². The van der Waals surface area contributed by atoms with Crippen molar-refractivity contribution in [2.24, 2.45) is 5.92 Å². The molecule has 2 fully saturated rings. The maximum atomic E-state index is 13.5. The summed E-state index contributed by atoms with van der Waals surface area (Å²) in [4.78, 5) is 45.4. The van der Waals surface area contributed by atoms with Crippen LogP contribution in [0.4, 0.5) is 9.18 Å². The lowest BCUT2D eigenvalue weighted by Gasteiger charge is -2.43. The average Bonchev–Trinajstić information content (AvgIpc) is 3.31. The Balaban J connectivity index is 1.28. The van der Waals surface area contributed by atoms with Crippen LogP contribution in [0.1, 0.15) is 63.2 Å². The third-order valence-corrected chi connectivity index (χ3v) is 7.33. The van der Waals surface area contributed by atoms with Crippen LogP contribution >= 0.6 is 0 Å². The third-order valence-electron chi connectivity index (χ3n) is 7.33. The van der Waals surface area contributed by atoms with E-state index in [1.165, 1.54) is 23.2 Å². The van der Waals surface area contributed by atoms with Crippen molar-refractivity contribution in [3.63, 3.8) is 0 Å². The van der Waals surface area contributed by atoms with Crippen LogP contribution in [-0.4, -0.2) is 68.5 Å². The van der Waals surface area contributed by atoms with Gasteiger partial charge in [-0.25, -0.2) is 9.18 Å². The van der Waals surface area contributed by atoms with Crippen molar-refractivity contribution in [3.8, 4) is 11.3 Å². The molecule has 2 aromatic rings. The zero-order chi connectivity index (χ0) is 26.7. The number of piperidine rings is 1. The standard InChI is InChI=1S/C28H35FN4O4/c1-28(2,3)33(27(36)37)23-11-13-32(14-12-23)26(35)19-7-9-22(16-19)31-25(34)20-8-10-24(30-17-20)18-5-4-6-21(29)15-18/h4-6,8,10,15,17,19,22-23H,7,9,11-14,16H2,1-3H3,(H,31,34)(H,36,37)/t19-,22+/m0/s1. The first-order valence-electron chi connectivity index (χ1n) is 12.9. The lowest BCUT2D eigenvalue weighted by molar-refractivity contribution is -0.137. The molecule has 2 aliphatic rings. The van der Waals surface area contributed by atoms with Crippen molar-refractivity contribution in [2.75, 3.05) is 13.1 Å². The molecule has 0 radical (unpaired) electrons. The second kappa shape index (κ2) is 10.9. The number of amides is 3. The zero-order valence-electron chi connectivity index (χ0n) is 21.6. The van der Waals surface area contributed by atoms with Crippen LogP contribution in [0.3, 0.4) is 0 Å². The Hall–Kier alpha value is -3.49. The van der Waals surface area contributed by atoms with Crippen LogP contribution in [0.2, 0.25) is 0 Å². The molecule has 2 N–H and O–H groups in total. The number of pyridine rings is 1. The van der Waals surface area contributed by atoms with Gasteiger partial charge in [0.15, 0.2) is 0 Å².